The molecule has 1 aromatic heterocycles. The molecule has 3 rings (SSSR count). The minimum Gasteiger partial charge on any atom is -0.287 e. The number of nitrogens with zero attached hydrogens (tertiary/aromatic N) is 4. The fraction of sp³-hybridized carbons (Fsp3) is 0.0588. The molecule has 25 heavy (non-hydrogen) atoms. The number of nitro benzene ring substituents is 1. The number of hydrogen-bond acceptors (Lipinski definition) is 5. The van der Waals surface area contributed by atoms with Crippen LogP contribution in [0.3, 0.4) is 0 Å². The number of rotatable bonds is 5. The first kappa shape index (κ1) is 16.7. The predicted molar refractivity (Wildman–Crippen MR) is 91.9 cm³/mol. The number of imidazole rings is 1. The molecule has 0 saturated carbocycles. The lowest BCUT2D eigenvalue weighted by molar-refractivity contribution is -0.384. The SMILES string of the molecule is N#CCSc1ncc(-c2cccc([N+](=O)[O-])c2)n1-c1ccc(F)cc1. The molecule has 0 spiro atoms. The van der Waals surface area contributed by atoms with Crippen molar-refractivity contribution in [2.75, 3.05) is 5.75 Å². The third-order valence-corrected chi connectivity index (χ3v) is 4.25. The largest absolute Gasteiger partial charge is 0.287 e. The van der Waals surface area contributed by atoms with E-state index in [1.165, 1.54) is 36.0 Å². The number of thioether (sulfide) groups is 1. The summed E-state index contributed by atoms with van der Waals surface area (Å²) < 4.78 is 15.0. The van der Waals surface area contributed by atoms with E-state index < -0.39 is 4.92 Å². The Bertz CT molecular complexity index is 964. The number of nitriles is 1. The molecule has 1 heterocycles. The standard InChI is InChI=1S/C17H11FN4O2S/c18-13-4-6-14(7-5-13)21-16(11-20-17(21)25-9-8-19)12-2-1-3-15(10-12)22(23)24/h1-7,10-11H,9H2. The van der Waals surface area contributed by atoms with Crippen LogP contribution in [0.4, 0.5) is 10.1 Å². The van der Waals surface area contributed by atoms with Gasteiger partial charge in [-0.1, -0.05) is 23.9 Å². The Hall–Kier alpha value is -3.18. The van der Waals surface area contributed by atoms with Gasteiger partial charge in [0.1, 0.15) is 5.82 Å². The maximum absolute atomic E-state index is 13.2. The minimum absolute atomic E-state index is 0.0319. The fourth-order valence-corrected chi connectivity index (χ4v) is 3.01. The predicted octanol–water partition coefficient (Wildman–Crippen LogP) is 4.20. The van der Waals surface area contributed by atoms with Gasteiger partial charge in [-0.2, -0.15) is 5.26 Å². The molecule has 0 N–H and O–H groups in total. The molecular weight excluding hydrogens is 343 g/mol. The Labute approximate surface area is 146 Å². The van der Waals surface area contributed by atoms with Crippen molar-refractivity contribution in [3.63, 3.8) is 0 Å². The topological polar surface area (TPSA) is 84.8 Å². The first-order valence-corrected chi connectivity index (χ1v) is 8.17. The van der Waals surface area contributed by atoms with Crippen LogP contribution in [0.25, 0.3) is 16.9 Å². The van der Waals surface area contributed by atoms with Crippen molar-refractivity contribution in [1.29, 1.82) is 5.26 Å². The first-order valence-electron chi connectivity index (χ1n) is 7.18. The Balaban J connectivity index is 2.15. The van der Waals surface area contributed by atoms with E-state index in [-0.39, 0.29) is 17.3 Å². The van der Waals surface area contributed by atoms with Gasteiger partial charge >= 0.3 is 0 Å². The van der Waals surface area contributed by atoms with E-state index in [1.807, 2.05) is 6.07 Å². The van der Waals surface area contributed by atoms with E-state index in [2.05, 4.69) is 4.98 Å². The third-order valence-electron chi connectivity index (χ3n) is 3.43. The maximum atomic E-state index is 13.2. The van der Waals surface area contributed by atoms with Crippen LogP contribution in [0.5, 0.6) is 0 Å². The molecule has 0 aliphatic rings. The third kappa shape index (κ3) is 3.51. The van der Waals surface area contributed by atoms with Crippen molar-refractivity contribution < 1.29 is 9.31 Å². The van der Waals surface area contributed by atoms with Crippen LogP contribution in [0.15, 0.2) is 59.9 Å². The zero-order chi connectivity index (χ0) is 17.8. The average Bonchev–Trinajstić information content (AvgIpc) is 3.04. The lowest BCUT2D eigenvalue weighted by Gasteiger charge is -2.11. The zero-order valence-corrected chi connectivity index (χ0v) is 13.6. The molecule has 2 aromatic carbocycles. The molecule has 0 amide bonds. The highest BCUT2D eigenvalue weighted by molar-refractivity contribution is 7.99. The Kier molecular flexibility index (Phi) is 4.77. The van der Waals surface area contributed by atoms with Crippen LogP contribution in [-0.2, 0) is 0 Å². The van der Waals surface area contributed by atoms with Gasteiger partial charge in [-0.3, -0.25) is 14.7 Å². The normalized spacial score (nSPS) is 10.4. The zero-order valence-electron chi connectivity index (χ0n) is 12.8. The summed E-state index contributed by atoms with van der Waals surface area (Å²) in [5.74, 6) is -0.168. The van der Waals surface area contributed by atoms with Gasteiger partial charge in [0.15, 0.2) is 5.16 Å². The molecule has 0 aliphatic heterocycles. The van der Waals surface area contributed by atoms with E-state index in [1.54, 1.807) is 35.0 Å². The Morgan fingerprint density at radius 1 is 1.28 bits per heavy atom. The average molecular weight is 354 g/mol. The smallest absolute Gasteiger partial charge is 0.270 e. The molecule has 0 radical (unpaired) electrons. The van der Waals surface area contributed by atoms with Crippen molar-refractivity contribution in [3.8, 4) is 23.0 Å². The summed E-state index contributed by atoms with van der Waals surface area (Å²) in [5, 5.41) is 20.4. The van der Waals surface area contributed by atoms with Crippen molar-refractivity contribution >= 4 is 17.4 Å². The summed E-state index contributed by atoms with van der Waals surface area (Å²) in [6, 6.07) is 14.1. The summed E-state index contributed by atoms with van der Waals surface area (Å²) in [7, 11) is 0. The van der Waals surface area contributed by atoms with Crippen molar-refractivity contribution in [2.24, 2.45) is 0 Å². The number of benzene rings is 2. The van der Waals surface area contributed by atoms with Gasteiger partial charge < -0.3 is 0 Å². The highest BCUT2D eigenvalue weighted by Gasteiger charge is 2.16. The van der Waals surface area contributed by atoms with Gasteiger partial charge in [0.2, 0.25) is 0 Å². The number of non-ortho nitro benzene ring substituents is 1. The summed E-state index contributed by atoms with van der Waals surface area (Å²) in [6.07, 6.45) is 1.59. The molecule has 0 fully saturated rings. The molecule has 6 nitrogen and oxygen atoms in total. The van der Waals surface area contributed by atoms with Crippen LogP contribution in [0.2, 0.25) is 0 Å². The molecule has 8 heteroatoms. The van der Waals surface area contributed by atoms with Crippen molar-refractivity contribution in [3.05, 3.63) is 70.7 Å². The molecule has 124 valence electrons. The highest BCUT2D eigenvalue weighted by atomic mass is 32.2. The number of nitro groups is 1. The molecule has 0 aliphatic carbocycles. The molecule has 0 unspecified atom stereocenters. The van der Waals surface area contributed by atoms with Crippen LogP contribution in [0, 0.1) is 27.3 Å². The van der Waals surface area contributed by atoms with E-state index >= 15 is 0 Å². The highest BCUT2D eigenvalue weighted by Crippen LogP contribution is 2.31. The molecule has 0 bridgehead atoms. The van der Waals surface area contributed by atoms with Crippen molar-refractivity contribution in [1.82, 2.24) is 9.55 Å². The summed E-state index contributed by atoms with van der Waals surface area (Å²) in [6.45, 7) is 0. The summed E-state index contributed by atoms with van der Waals surface area (Å²) >= 11 is 1.24. The molecule has 0 atom stereocenters. The van der Waals surface area contributed by atoms with Gasteiger partial charge in [0, 0.05) is 23.4 Å². The minimum atomic E-state index is -0.465. The summed E-state index contributed by atoms with van der Waals surface area (Å²) in [5.41, 5.74) is 1.85. The molecule has 0 saturated heterocycles. The maximum Gasteiger partial charge on any atom is 0.270 e. The summed E-state index contributed by atoms with van der Waals surface area (Å²) in [4.78, 5) is 14.9. The van der Waals surface area contributed by atoms with E-state index in [9.17, 15) is 14.5 Å². The number of halogens is 1. The lowest BCUT2D eigenvalue weighted by Crippen LogP contribution is -2.00. The first-order chi connectivity index (χ1) is 12.1. The van der Waals surface area contributed by atoms with Crippen molar-refractivity contribution in [2.45, 2.75) is 5.16 Å². The lowest BCUT2D eigenvalue weighted by atomic mass is 10.1. The molecule has 3 aromatic rings. The van der Waals surface area contributed by atoms with Gasteiger partial charge in [0.05, 0.1) is 28.6 Å². The second-order valence-corrected chi connectivity index (χ2v) is 5.93. The Morgan fingerprint density at radius 3 is 2.72 bits per heavy atom. The van der Waals surface area contributed by atoms with E-state index in [0.29, 0.717) is 22.1 Å². The van der Waals surface area contributed by atoms with Gasteiger partial charge in [-0.05, 0) is 24.3 Å². The van der Waals surface area contributed by atoms with E-state index in [0.717, 1.165) is 0 Å². The van der Waals surface area contributed by atoms with Gasteiger partial charge in [0.25, 0.3) is 5.69 Å². The van der Waals surface area contributed by atoms with Crippen LogP contribution in [0.1, 0.15) is 0 Å². The van der Waals surface area contributed by atoms with Crippen LogP contribution in [-0.4, -0.2) is 20.2 Å². The van der Waals surface area contributed by atoms with Gasteiger partial charge in [-0.15, -0.1) is 0 Å². The monoisotopic (exact) mass is 354 g/mol. The van der Waals surface area contributed by atoms with Crippen LogP contribution >= 0.6 is 11.8 Å². The quantitative estimate of drug-likeness (QED) is 0.389. The Morgan fingerprint density at radius 2 is 2.04 bits per heavy atom. The number of aromatic nitrogens is 2. The second-order valence-electron chi connectivity index (χ2n) is 4.99. The van der Waals surface area contributed by atoms with E-state index in [4.69, 9.17) is 5.26 Å². The fourth-order valence-electron chi connectivity index (χ4n) is 2.36. The second kappa shape index (κ2) is 7.15. The van der Waals surface area contributed by atoms with Crippen LogP contribution < -0.4 is 0 Å². The molecular formula is C17H11FN4O2S. The number of hydrogen-bond donors (Lipinski definition) is 0. The van der Waals surface area contributed by atoms with Gasteiger partial charge in [-0.25, -0.2) is 9.37 Å².